The van der Waals surface area contributed by atoms with E-state index in [-0.39, 0.29) is 0 Å². The summed E-state index contributed by atoms with van der Waals surface area (Å²) in [7, 11) is -0.0940. The van der Waals surface area contributed by atoms with Gasteiger partial charge >= 0.3 is 6.18 Å². The predicted octanol–water partition coefficient (Wildman–Crippen LogP) is 6.93. The molecule has 1 unspecified atom stereocenters. The van der Waals surface area contributed by atoms with E-state index in [2.05, 4.69) is 18.4 Å². The van der Waals surface area contributed by atoms with Gasteiger partial charge in [-0.25, -0.2) is 0 Å². The standard InChI is InChI=1S/C22H21F3OS/c1-16-4-10-19(11-5-16)27(3,21-14-8-18(26-2)9-15-21)20-12-6-17(7-13-20)22(23,24)25/h4-15H,1-3H3. The maximum atomic E-state index is 13.0. The molecule has 3 rings (SSSR count). The number of rotatable bonds is 4. The maximum Gasteiger partial charge on any atom is 0.416 e. The minimum absolute atomic E-state index is 0.633. The number of ether oxygens (including phenoxy) is 1. The van der Waals surface area contributed by atoms with Gasteiger partial charge in [-0.3, -0.25) is 0 Å². The first-order valence-corrected chi connectivity index (χ1v) is 10.5. The molecule has 0 saturated heterocycles. The first-order valence-electron chi connectivity index (χ1n) is 8.41. The summed E-state index contributed by atoms with van der Waals surface area (Å²) in [4.78, 5) is 3.04. The minimum Gasteiger partial charge on any atom is -0.497 e. The van der Waals surface area contributed by atoms with E-state index in [1.54, 1.807) is 19.2 Å². The molecule has 0 saturated carbocycles. The van der Waals surface area contributed by atoms with E-state index in [4.69, 9.17) is 4.74 Å². The van der Waals surface area contributed by atoms with Crippen LogP contribution in [-0.4, -0.2) is 13.4 Å². The molecule has 1 nitrogen and oxygen atoms in total. The third-order valence-corrected chi connectivity index (χ3v) is 8.32. The van der Waals surface area contributed by atoms with Gasteiger partial charge in [-0.15, -0.1) is 0 Å². The summed E-state index contributed by atoms with van der Waals surface area (Å²) < 4.78 is 44.2. The molecule has 0 aliphatic rings. The van der Waals surface area contributed by atoms with Gasteiger partial charge in [-0.1, -0.05) is 17.7 Å². The van der Waals surface area contributed by atoms with Crippen LogP contribution in [0, 0.1) is 6.92 Å². The van der Waals surface area contributed by atoms with E-state index >= 15 is 0 Å². The molecule has 5 heteroatoms. The van der Waals surface area contributed by atoms with E-state index in [0.29, 0.717) is 0 Å². The summed E-state index contributed by atoms with van der Waals surface area (Å²) in [6.07, 6.45) is -2.23. The normalized spacial score (nSPS) is 15.0. The molecule has 0 fully saturated rings. The Labute approximate surface area is 159 Å². The summed E-state index contributed by atoms with van der Waals surface area (Å²) in [5, 5.41) is 0. The summed E-state index contributed by atoms with van der Waals surface area (Å²) in [6, 6.07) is 21.5. The van der Waals surface area contributed by atoms with Gasteiger partial charge in [0.1, 0.15) is 5.75 Å². The zero-order chi connectivity index (χ0) is 19.7. The van der Waals surface area contributed by atoms with Crippen LogP contribution in [0.25, 0.3) is 0 Å². The molecule has 27 heavy (non-hydrogen) atoms. The van der Waals surface area contributed by atoms with Gasteiger partial charge in [0.2, 0.25) is 0 Å². The maximum absolute atomic E-state index is 13.0. The Balaban J connectivity index is 2.16. The lowest BCUT2D eigenvalue weighted by molar-refractivity contribution is -0.137. The topological polar surface area (TPSA) is 9.23 Å². The van der Waals surface area contributed by atoms with Crippen molar-refractivity contribution < 1.29 is 17.9 Å². The first-order chi connectivity index (χ1) is 12.7. The molecule has 0 amide bonds. The summed E-state index contributed by atoms with van der Waals surface area (Å²) in [5.41, 5.74) is 0.509. The van der Waals surface area contributed by atoms with Gasteiger partial charge in [-0.05, 0) is 88.5 Å². The Kier molecular flexibility index (Phi) is 5.24. The molecule has 0 aromatic heterocycles. The Morgan fingerprint density at radius 1 is 0.704 bits per heavy atom. The third kappa shape index (κ3) is 3.83. The Morgan fingerprint density at radius 2 is 1.11 bits per heavy atom. The molecule has 0 radical (unpaired) electrons. The summed E-state index contributed by atoms with van der Waals surface area (Å²) >= 11 is 0. The second-order valence-electron chi connectivity index (χ2n) is 6.43. The molecule has 0 aliphatic carbocycles. The lowest BCUT2D eigenvalue weighted by atomic mass is 10.2. The highest BCUT2D eigenvalue weighted by Crippen LogP contribution is 2.65. The fourth-order valence-corrected chi connectivity index (χ4v) is 5.84. The highest BCUT2D eigenvalue weighted by atomic mass is 32.3. The molecule has 0 spiro atoms. The third-order valence-electron chi connectivity index (χ3n) is 4.68. The van der Waals surface area contributed by atoms with Crippen LogP contribution in [0.1, 0.15) is 11.1 Å². The smallest absolute Gasteiger partial charge is 0.416 e. The average molecular weight is 390 g/mol. The van der Waals surface area contributed by atoms with Gasteiger partial charge in [0.05, 0.1) is 12.7 Å². The first kappa shape index (κ1) is 19.4. The van der Waals surface area contributed by atoms with Gasteiger partial charge in [0.15, 0.2) is 0 Å². The molecule has 3 aromatic rings. The zero-order valence-electron chi connectivity index (χ0n) is 15.4. The van der Waals surface area contributed by atoms with Crippen LogP contribution in [-0.2, 0) is 6.18 Å². The van der Waals surface area contributed by atoms with E-state index in [1.807, 2.05) is 43.3 Å². The number of hydrogen-bond donors (Lipinski definition) is 0. The molecular formula is C22H21F3OS. The van der Waals surface area contributed by atoms with Gasteiger partial charge in [0, 0.05) is 0 Å². The quantitative estimate of drug-likeness (QED) is 0.469. The summed E-state index contributed by atoms with van der Waals surface area (Å²) in [6.45, 7) is 2.02. The molecule has 1 atom stereocenters. The van der Waals surface area contributed by atoms with Crippen LogP contribution in [0.2, 0.25) is 0 Å². The van der Waals surface area contributed by atoms with E-state index in [0.717, 1.165) is 38.1 Å². The minimum atomic E-state index is -4.34. The van der Waals surface area contributed by atoms with Gasteiger partial charge < -0.3 is 4.74 Å². The van der Waals surface area contributed by atoms with Crippen LogP contribution >= 0.6 is 10.0 Å². The molecular weight excluding hydrogens is 369 g/mol. The molecule has 142 valence electrons. The second kappa shape index (κ2) is 7.31. The number of benzene rings is 3. The van der Waals surface area contributed by atoms with Crippen molar-refractivity contribution in [1.29, 1.82) is 0 Å². The van der Waals surface area contributed by atoms with Crippen molar-refractivity contribution in [2.45, 2.75) is 27.8 Å². The second-order valence-corrected chi connectivity index (χ2v) is 9.68. The van der Waals surface area contributed by atoms with E-state index < -0.39 is 21.8 Å². The van der Waals surface area contributed by atoms with Crippen molar-refractivity contribution >= 4 is 10.0 Å². The molecule has 0 heterocycles. The SMILES string of the molecule is COc1ccc(S(C)(c2ccc(C)cc2)c2ccc(C(F)(F)F)cc2)cc1. The number of methoxy groups -OCH3 is 1. The van der Waals surface area contributed by atoms with Crippen LogP contribution in [0.4, 0.5) is 13.2 Å². The van der Waals surface area contributed by atoms with Crippen molar-refractivity contribution in [2.24, 2.45) is 0 Å². The molecule has 3 aromatic carbocycles. The van der Waals surface area contributed by atoms with E-state index in [1.165, 1.54) is 0 Å². The van der Waals surface area contributed by atoms with Crippen LogP contribution in [0.3, 0.4) is 0 Å². The number of halogens is 3. The predicted molar refractivity (Wildman–Crippen MR) is 104 cm³/mol. The number of aryl methyl sites for hydroxylation is 1. The number of hydrogen-bond acceptors (Lipinski definition) is 1. The van der Waals surface area contributed by atoms with Crippen LogP contribution < -0.4 is 4.74 Å². The lowest BCUT2D eigenvalue weighted by Crippen LogP contribution is -2.06. The Morgan fingerprint density at radius 3 is 1.52 bits per heavy atom. The summed E-state index contributed by atoms with van der Waals surface area (Å²) in [5.74, 6) is 0.747. The number of alkyl halides is 3. The average Bonchev–Trinajstić information content (AvgIpc) is 2.67. The Bertz CT molecular complexity index is 900. The molecule has 0 N–H and O–H groups in total. The zero-order valence-corrected chi connectivity index (χ0v) is 16.2. The fourth-order valence-electron chi connectivity index (χ4n) is 2.98. The fraction of sp³-hybridized carbons (Fsp3) is 0.182. The van der Waals surface area contributed by atoms with Crippen LogP contribution in [0.5, 0.6) is 5.75 Å². The highest BCUT2D eigenvalue weighted by molar-refractivity contribution is 8.33. The molecule has 0 bridgehead atoms. The van der Waals surface area contributed by atoms with Gasteiger partial charge in [-0.2, -0.15) is 23.2 Å². The lowest BCUT2D eigenvalue weighted by Gasteiger charge is -2.38. The largest absolute Gasteiger partial charge is 0.497 e. The van der Waals surface area contributed by atoms with Crippen molar-refractivity contribution in [3.8, 4) is 5.75 Å². The van der Waals surface area contributed by atoms with Crippen molar-refractivity contribution in [2.75, 3.05) is 13.4 Å². The monoisotopic (exact) mass is 390 g/mol. The Hall–Kier alpha value is -2.40. The van der Waals surface area contributed by atoms with Crippen LogP contribution in [0.15, 0.2) is 87.5 Å². The van der Waals surface area contributed by atoms with Crippen molar-refractivity contribution in [3.63, 3.8) is 0 Å². The van der Waals surface area contributed by atoms with Crippen molar-refractivity contribution in [1.82, 2.24) is 0 Å². The van der Waals surface area contributed by atoms with E-state index in [9.17, 15) is 13.2 Å². The molecule has 0 aliphatic heterocycles. The van der Waals surface area contributed by atoms with Gasteiger partial charge in [0.25, 0.3) is 0 Å². The van der Waals surface area contributed by atoms with Crippen molar-refractivity contribution in [3.05, 3.63) is 83.9 Å². The highest BCUT2D eigenvalue weighted by Gasteiger charge is 2.32.